The van der Waals surface area contributed by atoms with Gasteiger partial charge in [0, 0.05) is 31.7 Å². The Morgan fingerprint density at radius 3 is 2.31 bits per heavy atom. The van der Waals surface area contributed by atoms with Crippen LogP contribution in [0.2, 0.25) is 0 Å². The van der Waals surface area contributed by atoms with Crippen molar-refractivity contribution in [1.82, 2.24) is 15.1 Å². The summed E-state index contributed by atoms with van der Waals surface area (Å²) in [6.07, 6.45) is -1.83. The van der Waals surface area contributed by atoms with Crippen molar-refractivity contribution in [3.8, 4) is 5.75 Å². The van der Waals surface area contributed by atoms with Gasteiger partial charge in [-0.3, -0.25) is 14.5 Å². The van der Waals surface area contributed by atoms with Crippen LogP contribution in [0.5, 0.6) is 5.75 Å². The lowest BCUT2D eigenvalue weighted by Crippen LogP contribution is -2.54. The summed E-state index contributed by atoms with van der Waals surface area (Å²) >= 11 is 0. The molecular formula is C27H28N4O4. The van der Waals surface area contributed by atoms with Gasteiger partial charge in [-0.15, -0.1) is 0 Å². The molecule has 1 fully saturated rings. The van der Waals surface area contributed by atoms with Gasteiger partial charge in [-0.05, 0) is 42.3 Å². The van der Waals surface area contributed by atoms with Gasteiger partial charge in [-0.25, -0.2) is 4.79 Å². The lowest BCUT2D eigenvalue weighted by atomic mass is 10.1. The number of nitrogens with two attached hydrogens (primary N) is 1. The molecule has 8 heteroatoms. The van der Waals surface area contributed by atoms with E-state index in [1.165, 1.54) is 9.80 Å². The molecule has 0 spiro atoms. The number of carbonyl (C=O) groups is 3. The number of benzene rings is 3. The molecule has 0 saturated carbocycles. The summed E-state index contributed by atoms with van der Waals surface area (Å²) in [5.41, 5.74) is 9.00. The first-order valence-corrected chi connectivity index (χ1v) is 11.4. The highest BCUT2D eigenvalue weighted by Crippen LogP contribution is 2.21. The van der Waals surface area contributed by atoms with Gasteiger partial charge in [-0.2, -0.15) is 0 Å². The van der Waals surface area contributed by atoms with Gasteiger partial charge >= 0.3 is 6.09 Å². The monoisotopic (exact) mass is 472 g/mol. The molecule has 8 nitrogen and oxygen atoms in total. The average molecular weight is 473 g/mol. The Morgan fingerprint density at radius 1 is 0.914 bits per heavy atom. The summed E-state index contributed by atoms with van der Waals surface area (Å²) < 4.78 is 5.48. The number of carbonyl (C=O) groups excluding carboxylic acids is 3. The molecule has 3 aromatic carbocycles. The molecule has 35 heavy (non-hydrogen) atoms. The molecule has 1 aliphatic rings. The van der Waals surface area contributed by atoms with Crippen LogP contribution in [0.15, 0.2) is 78.9 Å². The molecule has 3 N–H and O–H groups in total. The fourth-order valence-corrected chi connectivity index (χ4v) is 3.97. The highest BCUT2D eigenvalue weighted by atomic mass is 16.6. The van der Waals surface area contributed by atoms with Crippen molar-refractivity contribution in [1.29, 1.82) is 0 Å². The smallest absolute Gasteiger partial charge is 0.410 e. The normalized spacial score (nSPS) is 15.1. The van der Waals surface area contributed by atoms with Gasteiger partial charge in [-0.1, -0.05) is 60.2 Å². The van der Waals surface area contributed by atoms with Crippen LogP contribution in [0, 0.1) is 6.92 Å². The van der Waals surface area contributed by atoms with E-state index in [0.29, 0.717) is 17.9 Å². The second kappa shape index (κ2) is 10.8. The van der Waals surface area contributed by atoms with Gasteiger partial charge < -0.3 is 20.7 Å². The number of amides is 3. The van der Waals surface area contributed by atoms with Crippen molar-refractivity contribution in [2.75, 3.05) is 13.1 Å². The number of para-hydroxylation sites is 1. The Bertz CT molecular complexity index is 1200. The summed E-state index contributed by atoms with van der Waals surface area (Å²) in [7, 11) is 0. The van der Waals surface area contributed by atoms with Crippen molar-refractivity contribution in [2.45, 2.75) is 26.2 Å². The number of ether oxygens (including phenoxy) is 1. The molecule has 1 saturated heterocycles. The molecule has 3 amide bonds. The Morgan fingerprint density at radius 2 is 1.60 bits per heavy atom. The first-order chi connectivity index (χ1) is 17.0. The third kappa shape index (κ3) is 5.67. The largest absolute Gasteiger partial charge is 0.417 e. The van der Waals surface area contributed by atoms with E-state index in [4.69, 9.17) is 10.5 Å². The summed E-state index contributed by atoms with van der Waals surface area (Å²) in [4.78, 5) is 42.4. The minimum Gasteiger partial charge on any atom is -0.410 e. The third-order valence-electron chi connectivity index (χ3n) is 5.84. The fourth-order valence-electron chi connectivity index (χ4n) is 3.97. The SMILES string of the molecule is Cc1ccc(C(=O)N2CCN(C(=O)Oc3ccccc3)C2C(=O)NCc2cccc(CN)c2)cc1. The first-order valence-electron chi connectivity index (χ1n) is 11.4. The molecule has 180 valence electrons. The van der Waals surface area contributed by atoms with Crippen molar-refractivity contribution >= 4 is 17.9 Å². The van der Waals surface area contributed by atoms with Gasteiger partial charge in [0.2, 0.25) is 0 Å². The number of hydrogen-bond donors (Lipinski definition) is 2. The second-order valence-corrected chi connectivity index (χ2v) is 8.35. The van der Waals surface area contributed by atoms with E-state index in [9.17, 15) is 14.4 Å². The molecule has 3 aromatic rings. The van der Waals surface area contributed by atoms with Crippen LogP contribution in [0.4, 0.5) is 4.79 Å². The molecule has 0 bridgehead atoms. The second-order valence-electron chi connectivity index (χ2n) is 8.35. The standard InChI is InChI=1S/C27H28N4O4/c1-19-10-12-22(13-11-19)26(33)30-14-15-31(27(34)35-23-8-3-2-4-9-23)25(30)24(32)29-18-21-7-5-6-20(16-21)17-28/h2-13,16,25H,14-15,17-18,28H2,1H3,(H,29,32). The number of aryl methyl sites for hydroxylation is 1. The quantitative estimate of drug-likeness (QED) is 0.574. The molecule has 1 unspecified atom stereocenters. The highest BCUT2D eigenvalue weighted by Gasteiger charge is 2.43. The summed E-state index contributed by atoms with van der Waals surface area (Å²) in [5, 5.41) is 2.86. The van der Waals surface area contributed by atoms with Crippen molar-refractivity contribution in [3.63, 3.8) is 0 Å². The van der Waals surface area contributed by atoms with Crippen LogP contribution < -0.4 is 15.8 Å². The van der Waals surface area contributed by atoms with Gasteiger partial charge in [0.15, 0.2) is 6.17 Å². The zero-order chi connectivity index (χ0) is 24.8. The van der Waals surface area contributed by atoms with Crippen LogP contribution >= 0.6 is 0 Å². The molecule has 0 radical (unpaired) electrons. The van der Waals surface area contributed by atoms with E-state index in [0.717, 1.165) is 16.7 Å². The molecule has 0 aromatic heterocycles. The Balaban J connectivity index is 1.55. The number of rotatable bonds is 6. The van der Waals surface area contributed by atoms with Crippen LogP contribution in [0.1, 0.15) is 27.0 Å². The van der Waals surface area contributed by atoms with E-state index in [1.807, 2.05) is 49.4 Å². The predicted octanol–water partition coefficient (Wildman–Crippen LogP) is 3.05. The number of nitrogens with zero attached hydrogens (tertiary/aromatic N) is 2. The summed E-state index contributed by atoms with van der Waals surface area (Å²) in [5.74, 6) is -0.435. The minimum atomic E-state index is -1.14. The van der Waals surface area contributed by atoms with Crippen molar-refractivity contribution in [3.05, 3.63) is 101 Å². The molecule has 1 aliphatic heterocycles. The van der Waals surface area contributed by atoms with E-state index < -0.39 is 18.2 Å². The Labute approximate surface area is 204 Å². The maximum atomic E-state index is 13.4. The summed E-state index contributed by atoms with van der Waals surface area (Å²) in [6.45, 7) is 2.93. The molecule has 4 rings (SSSR count). The number of hydrogen-bond acceptors (Lipinski definition) is 5. The van der Waals surface area contributed by atoms with E-state index in [1.54, 1.807) is 36.4 Å². The Hall–Kier alpha value is -4.17. The zero-order valence-corrected chi connectivity index (χ0v) is 19.5. The first kappa shape index (κ1) is 24.0. The summed E-state index contributed by atoms with van der Waals surface area (Å²) in [6, 6.07) is 23.3. The Kier molecular flexibility index (Phi) is 7.42. The van der Waals surface area contributed by atoms with Crippen LogP contribution in [-0.2, 0) is 17.9 Å². The molecular weight excluding hydrogens is 444 g/mol. The lowest BCUT2D eigenvalue weighted by Gasteiger charge is -2.28. The van der Waals surface area contributed by atoms with Crippen molar-refractivity contribution < 1.29 is 19.1 Å². The zero-order valence-electron chi connectivity index (χ0n) is 19.5. The maximum absolute atomic E-state index is 13.4. The van der Waals surface area contributed by atoms with Crippen molar-refractivity contribution in [2.24, 2.45) is 5.73 Å². The van der Waals surface area contributed by atoms with Gasteiger partial charge in [0.1, 0.15) is 5.75 Å². The van der Waals surface area contributed by atoms with Crippen LogP contribution in [-0.4, -0.2) is 47.0 Å². The molecule has 0 aliphatic carbocycles. The molecule has 1 heterocycles. The van der Waals surface area contributed by atoms with E-state index >= 15 is 0 Å². The van der Waals surface area contributed by atoms with Crippen LogP contribution in [0.25, 0.3) is 0 Å². The average Bonchev–Trinajstić information content (AvgIpc) is 3.33. The third-order valence-corrected chi connectivity index (χ3v) is 5.84. The minimum absolute atomic E-state index is 0.171. The van der Waals surface area contributed by atoms with Gasteiger partial charge in [0.25, 0.3) is 11.8 Å². The van der Waals surface area contributed by atoms with Crippen LogP contribution in [0.3, 0.4) is 0 Å². The number of nitrogens with one attached hydrogen (secondary N) is 1. The maximum Gasteiger partial charge on any atom is 0.417 e. The predicted molar refractivity (Wildman–Crippen MR) is 131 cm³/mol. The fraction of sp³-hybridized carbons (Fsp3) is 0.222. The van der Waals surface area contributed by atoms with Gasteiger partial charge in [0.05, 0.1) is 0 Å². The topological polar surface area (TPSA) is 105 Å². The van der Waals surface area contributed by atoms with E-state index in [-0.39, 0.29) is 25.5 Å². The lowest BCUT2D eigenvalue weighted by molar-refractivity contribution is -0.128. The highest BCUT2D eigenvalue weighted by molar-refractivity contribution is 5.99. The van der Waals surface area contributed by atoms with E-state index in [2.05, 4.69) is 5.32 Å². The molecule has 1 atom stereocenters.